The van der Waals surface area contributed by atoms with Crippen LogP contribution in [0.25, 0.3) is 0 Å². The van der Waals surface area contributed by atoms with Gasteiger partial charge in [-0.15, -0.1) is 0 Å². The van der Waals surface area contributed by atoms with E-state index in [1.54, 1.807) is 6.92 Å². The van der Waals surface area contributed by atoms with Crippen LogP contribution in [-0.2, 0) is 9.59 Å². The van der Waals surface area contributed by atoms with Gasteiger partial charge in [0.05, 0.1) is 0 Å². The monoisotopic (exact) mass is 298 g/mol. The lowest BCUT2D eigenvalue weighted by Gasteiger charge is -2.45. The van der Waals surface area contributed by atoms with Crippen molar-refractivity contribution in [3.8, 4) is 0 Å². The average molecular weight is 298 g/mol. The molecule has 1 N–H and O–H groups in total. The lowest BCUT2D eigenvalue weighted by atomic mass is 9.87. The Kier molecular flexibility index (Phi) is 4.99. The van der Waals surface area contributed by atoms with Gasteiger partial charge in [-0.2, -0.15) is 11.8 Å². The summed E-state index contributed by atoms with van der Waals surface area (Å²) in [5, 5.41) is 2.79. The minimum atomic E-state index is -0.382. The van der Waals surface area contributed by atoms with E-state index in [0.29, 0.717) is 6.42 Å². The average Bonchev–Trinajstić information content (AvgIpc) is 2.46. The van der Waals surface area contributed by atoms with Crippen LogP contribution in [0.3, 0.4) is 0 Å². The highest BCUT2D eigenvalue weighted by Gasteiger charge is 2.42. The largest absolute Gasteiger partial charge is 0.343 e. The van der Waals surface area contributed by atoms with Crippen LogP contribution in [0, 0.1) is 0 Å². The van der Waals surface area contributed by atoms with Gasteiger partial charge in [0.2, 0.25) is 11.8 Å². The second-order valence-corrected chi connectivity index (χ2v) is 7.34. The Morgan fingerprint density at radius 3 is 2.50 bits per heavy atom. The van der Waals surface area contributed by atoms with Crippen molar-refractivity contribution in [2.45, 2.75) is 69.2 Å². The lowest BCUT2D eigenvalue weighted by Crippen LogP contribution is -2.64. The Labute approximate surface area is 126 Å². The molecule has 0 radical (unpaired) electrons. The molecule has 5 heteroatoms. The van der Waals surface area contributed by atoms with E-state index in [-0.39, 0.29) is 28.6 Å². The van der Waals surface area contributed by atoms with Crippen molar-refractivity contribution in [3.63, 3.8) is 0 Å². The molecule has 2 rings (SSSR count). The zero-order valence-electron chi connectivity index (χ0n) is 12.8. The molecule has 2 unspecified atom stereocenters. The second-order valence-electron chi connectivity index (χ2n) is 6.07. The van der Waals surface area contributed by atoms with Crippen molar-refractivity contribution in [2.75, 3.05) is 12.8 Å². The Bertz CT molecular complexity index is 380. The van der Waals surface area contributed by atoms with E-state index in [1.807, 2.05) is 23.6 Å². The number of piperazine rings is 1. The Morgan fingerprint density at radius 1 is 1.30 bits per heavy atom. The topological polar surface area (TPSA) is 49.4 Å². The molecule has 1 heterocycles. The first-order valence-corrected chi connectivity index (χ1v) is 8.91. The van der Waals surface area contributed by atoms with Crippen LogP contribution in [0.2, 0.25) is 0 Å². The zero-order chi connectivity index (χ0) is 14.8. The number of amides is 2. The normalized spacial score (nSPS) is 30.2. The third-order valence-corrected chi connectivity index (χ3v) is 6.14. The van der Waals surface area contributed by atoms with Crippen LogP contribution in [0.5, 0.6) is 0 Å². The van der Waals surface area contributed by atoms with Gasteiger partial charge >= 0.3 is 0 Å². The number of thioether (sulfide) groups is 1. The molecule has 1 saturated carbocycles. The van der Waals surface area contributed by atoms with Gasteiger partial charge in [-0.05, 0) is 32.4 Å². The van der Waals surface area contributed by atoms with Crippen molar-refractivity contribution in [3.05, 3.63) is 0 Å². The van der Waals surface area contributed by atoms with Gasteiger partial charge in [-0.3, -0.25) is 9.59 Å². The summed E-state index contributed by atoms with van der Waals surface area (Å²) in [6, 6.07) is -0.669. The van der Waals surface area contributed by atoms with E-state index in [2.05, 4.69) is 11.6 Å². The van der Waals surface area contributed by atoms with Crippen LogP contribution in [0.1, 0.15) is 52.4 Å². The third kappa shape index (κ3) is 2.97. The first-order chi connectivity index (χ1) is 9.53. The quantitative estimate of drug-likeness (QED) is 0.865. The van der Waals surface area contributed by atoms with E-state index < -0.39 is 0 Å². The Hall–Kier alpha value is -0.710. The molecule has 2 fully saturated rings. The highest BCUT2D eigenvalue weighted by Crippen LogP contribution is 2.40. The summed E-state index contributed by atoms with van der Waals surface area (Å²) >= 11 is 1.88. The number of rotatable bonds is 4. The SMILES string of the molecule is CCC1C(=O)NC(C)C(=O)N1CC1(SC)CCCCC1. The van der Waals surface area contributed by atoms with Gasteiger partial charge in [0.15, 0.2) is 0 Å². The summed E-state index contributed by atoms with van der Waals surface area (Å²) in [7, 11) is 0. The predicted octanol–water partition coefficient (Wildman–Crippen LogP) is 2.18. The molecule has 0 spiro atoms. The highest BCUT2D eigenvalue weighted by molar-refractivity contribution is 8.00. The fourth-order valence-corrected chi connectivity index (χ4v) is 4.41. The molecule has 0 aromatic heterocycles. The maximum absolute atomic E-state index is 12.5. The van der Waals surface area contributed by atoms with E-state index in [9.17, 15) is 9.59 Å². The molecular formula is C15H26N2O2S. The van der Waals surface area contributed by atoms with Gasteiger partial charge in [0, 0.05) is 11.3 Å². The van der Waals surface area contributed by atoms with Crippen LogP contribution >= 0.6 is 11.8 Å². The second kappa shape index (κ2) is 6.37. The van der Waals surface area contributed by atoms with Crippen molar-refractivity contribution in [1.82, 2.24) is 10.2 Å². The summed E-state index contributed by atoms with van der Waals surface area (Å²) in [4.78, 5) is 26.4. The summed E-state index contributed by atoms with van der Waals surface area (Å²) in [5.41, 5.74) is 0. The number of nitrogens with zero attached hydrogens (tertiary/aromatic N) is 1. The van der Waals surface area contributed by atoms with Crippen molar-refractivity contribution >= 4 is 23.6 Å². The number of nitrogens with one attached hydrogen (secondary N) is 1. The number of hydrogen-bond acceptors (Lipinski definition) is 3. The van der Waals surface area contributed by atoms with Gasteiger partial charge in [0.25, 0.3) is 0 Å². The minimum Gasteiger partial charge on any atom is -0.343 e. The van der Waals surface area contributed by atoms with E-state index >= 15 is 0 Å². The summed E-state index contributed by atoms with van der Waals surface area (Å²) in [6.07, 6.45) is 8.92. The predicted molar refractivity (Wildman–Crippen MR) is 82.7 cm³/mol. The third-order valence-electron chi connectivity index (χ3n) is 4.73. The molecule has 4 nitrogen and oxygen atoms in total. The number of carbonyl (C=O) groups excluding carboxylic acids is 2. The van der Waals surface area contributed by atoms with Gasteiger partial charge in [-0.1, -0.05) is 26.2 Å². The van der Waals surface area contributed by atoms with Crippen LogP contribution in [-0.4, -0.2) is 46.3 Å². The molecule has 2 amide bonds. The van der Waals surface area contributed by atoms with Crippen LogP contribution in [0.4, 0.5) is 0 Å². The van der Waals surface area contributed by atoms with Gasteiger partial charge in [-0.25, -0.2) is 0 Å². The van der Waals surface area contributed by atoms with Gasteiger partial charge in [0.1, 0.15) is 12.1 Å². The molecule has 20 heavy (non-hydrogen) atoms. The van der Waals surface area contributed by atoms with Crippen molar-refractivity contribution < 1.29 is 9.59 Å². The minimum absolute atomic E-state index is 0.00617. The summed E-state index contributed by atoms with van der Waals surface area (Å²) < 4.78 is 0.151. The Morgan fingerprint density at radius 2 is 1.95 bits per heavy atom. The molecule has 114 valence electrons. The smallest absolute Gasteiger partial charge is 0.245 e. The molecule has 1 saturated heterocycles. The summed E-state index contributed by atoms with van der Waals surface area (Å²) in [5.74, 6) is 0.0853. The van der Waals surface area contributed by atoms with Gasteiger partial charge < -0.3 is 10.2 Å². The van der Waals surface area contributed by atoms with Crippen molar-refractivity contribution in [1.29, 1.82) is 0 Å². The maximum Gasteiger partial charge on any atom is 0.245 e. The fourth-order valence-electron chi connectivity index (χ4n) is 3.44. The molecule has 0 aromatic carbocycles. The maximum atomic E-state index is 12.5. The molecular weight excluding hydrogens is 272 g/mol. The lowest BCUT2D eigenvalue weighted by molar-refractivity contribution is -0.149. The Balaban J connectivity index is 2.18. The molecule has 0 bridgehead atoms. The first-order valence-electron chi connectivity index (χ1n) is 7.69. The molecule has 1 aliphatic heterocycles. The van der Waals surface area contributed by atoms with Crippen LogP contribution < -0.4 is 5.32 Å². The highest BCUT2D eigenvalue weighted by atomic mass is 32.2. The number of hydrogen-bond donors (Lipinski definition) is 1. The molecule has 2 aliphatic rings. The molecule has 0 aromatic rings. The zero-order valence-corrected chi connectivity index (χ0v) is 13.6. The standard InChI is InChI=1S/C15H26N2O2S/c1-4-12-13(18)16-11(2)14(19)17(12)10-15(20-3)8-6-5-7-9-15/h11-12H,4-10H2,1-3H3,(H,16,18). The van der Waals surface area contributed by atoms with E-state index in [1.165, 1.54) is 19.3 Å². The van der Waals surface area contributed by atoms with E-state index in [0.717, 1.165) is 19.4 Å². The first kappa shape index (κ1) is 15.7. The van der Waals surface area contributed by atoms with E-state index in [4.69, 9.17) is 0 Å². The van der Waals surface area contributed by atoms with Crippen molar-refractivity contribution in [2.24, 2.45) is 0 Å². The molecule has 2 atom stereocenters. The number of carbonyl (C=O) groups is 2. The van der Waals surface area contributed by atoms with Crippen LogP contribution in [0.15, 0.2) is 0 Å². The molecule has 1 aliphatic carbocycles. The summed E-state index contributed by atoms with van der Waals surface area (Å²) in [6.45, 7) is 4.49. The fraction of sp³-hybridized carbons (Fsp3) is 0.867.